The minimum atomic E-state index is -4.41. The van der Waals surface area contributed by atoms with Gasteiger partial charge in [-0.1, -0.05) is 23.4 Å². The van der Waals surface area contributed by atoms with Crippen molar-refractivity contribution >= 4 is 0 Å². The van der Waals surface area contributed by atoms with Crippen molar-refractivity contribution in [3.63, 3.8) is 0 Å². The van der Waals surface area contributed by atoms with Crippen molar-refractivity contribution in [2.75, 3.05) is 6.54 Å². The average molecular weight is 312 g/mol. The number of likely N-dealkylation sites (tertiary alicyclic amines) is 1. The van der Waals surface area contributed by atoms with E-state index in [9.17, 15) is 18.3 Å². The van der Waals surface area contributed by atoms with Crippen LogP contribution in [0.15, 0.2) is 41.1 Å². The highest BCUT2D eigenvalue weighted by Gasteiger charge is 2.39. The summed E-state index contributed by atoms with van der Waals surface area (Å²) in [5.41, 5.74) is 0.165. The Morgan fingerprint density at radius 2 is 2.05 bits per heavy atom. The lowest BCUT2D eigenvalue weighted by molar-refractivity contribution is -0.138. The van der Waals surface area contributed by atoms with E-state index >= 15 is 0 Å². The lowest BCUT2D eigenvalue weighted by Gasteiger charge is -2.26. The number of rotatable bonds is 3. The molecule has 1 aromatic carbocycles. The van der Waals surface area contributed by atoms with Gasteiger partial charge in [-0.05, 0) is 18.1 Å². The van der Waals surface area contributed by atoms with E-state index in [1.54, 1.807) is 17.0 Å². The van der Waals surface area contributed by atoms with Crippen LogP contribution in [0.4, 0.5) is 13.2 Å². The third-order valence-corrected chi connectivity index (χ3v) is 3.86. The van der Waals surface area contributed by atoms with Gasteiger partial charge in [0.25, 0.3) is 0 Å². The summed E-state index contributed by atoms with van der Waals surface area (Å²) < 4.78 is 44.3. The van der Waals surface area contributed by atoms with Gasteiger partial charge in [-0.25, -0.2) is 0 Å². The highest BCUT2D eigenvalue weighted by Crippen LogP contribution is 2.40. The van der Waals surface area contributed by atoms with Crippen molar-refractivity contribution in [2.45, 2.75) is 31.3 Å². The van der Waals surface area contributed by atoms with Crippen LogP contribution < -0.4 is 0 Å². The Bertz CT molecular complexity index is 628. The van der Waals surface area contributed by atoms with E-state index in [-0.39, 0.29) is 12.0 Å². The topological polar surface area (TPSA) is 49.5 Å². The summed E-state index contributed by atoms with van der Waals surface area (Å²) in [4.78, 5) is 1.80. The molecule has 2 atom stereocenters. The third-order valence-electron chi connectivity index (χ3n) is 3.86. The molecule has 2 aromatic rings. The molecule has 1 aliphatic rings. The first kappa shape index (κ1) is 15.1. The van der Waals surface area contributed by atoms with E-state index in [1.165, 1.54) is 18.4 Å². The third kappa shape index (κ3) is 3.00. The van der Waals surface area contributed by atoms with E-state index in [0.29, 0.717) is 18.8 Å². The second kappa shape index (κ2) is 5.73. The smallest absolute Gasteiger partial charge is 0.392 e. The van der Waals surface area contributed by atoms with Gasteiger partial charge in [0.2, 0.25) is 0 Å². The first-order chi connectivity index (χ1) is 10.4. The Morgan fingerprint density at radius 1 is 1.27 bits per heavy atom. The molecule has 118 valence electrons. The molecular weight excluding hydrogens is 297 g/mol. The zero-order valence-corrected chi connectivity index (χ0v) is 11.6. The average Bonchev–Trinajstić information content (AvgIpc) is 3.08. The minimum Gasteiger partial charge on any atom is -0.392 e. The van der Waals surface area contributed by atoms with Crippen LogP contribution in [0, 0.1) is 0 Å². The summed E-state index contributed by atoms with van der Waals surface area (Å²) in [7, 11) is 0. The highest BCUT2D eigenvalue weighted by molar-refractivity contribution is 5.33. The molecular formula is C15H15F3N2O2. The number of benzene rings is 1. The number of aliphatic hydroxyl groups excluding tert-OH is 1. The number of hydrogen-bond donors (Lipinski definition) is 1. The molecule has 0 bridgehead atoms. The van der Waals surface area contributed by atoms with E-state index in [0.717, 1.165) is 6.07 Å². The maximum absolute atomic E-state index is 13.2. The minimum absolute atomic E-state index is 0.190. The van der Waals surface area contributed by atoms with Gasteiger partial charge in [0, 0.05) is 25.2 Å². The van der Waals surface area contributed by atoms with Crippen molar-refractivity contribution in [3.05, 3.63) is 53.4 Å². The maximum atomic E-state index is 13.2. The zero-order chi connectivity index (χ0) is 15.7. The monoisotopic (exact) mass is 312 g/mol. The lowest BCUT2D eigenvalue weighted by Crippen LogP contribution is -2.26. The SMILES string of the molecule is OC1CC(c2ccccc2C(F)(F)F)N(Cc2ccon2)C1. The van der Waals surface area contributed by atoms with Crippen molar-refractivity contribution in [1.29, 1.82) is 0 Å². The van der Waals surface area contributed by atoms with Crippen LogP contribution in [-0.2, 0) is 12.7 Å². The fraction of sp³-hybridized carbons (Fsp3) is 0.400. The summed E-state index contributed by atoms with van der Waals surface area (Å²) in [6.07, 6.45) is -3.38. The normalized spacial score (nSPS) is 23.1. The molecule has 4 nitrogen and oxygen atoms in total. The van der Waals surface area contributed by atoms with Crippen molar-refractivity contribution < 1.29 is 22.8 Å². The van der Waals surface area contributed by atoms with Crippen molar-refractivity contribution in [2.24, 2.45) is 0 Å². The van der Waals surface area contributed by atoms with Crippen LogP contribution in [0.5, 0.6) is 0 Å². The van der Waals surface area contributed by atoms with Gasteiger partial charge >= 0.3 is 6.18 Å². The number of alkyl halides is 3. The molecule has 22 heavy (non-hydrogen) atoms. The molecule has 7 heteroatoms. The van der Waals surface area contributed by atoms with E-state index in [2.05, 4.69) is 5.16 Å². The molecule has 1 aromatic heterocycles. The fourth-order valence-electron chi connectivity index (χ4n) is 2.95. The summed E-state index contributed by atoms with van der Waals surface area (Å²) in [5, 5.41) is 13.7. The van der Waals surface area contributed by atoms with Gasteiger partial charge in [0.1, 0.15) is 6.26 Å². The van der Waals surface area contributed by atoms with Gasteiger partial charge in [-0.2, -0.15) is 13.2 Å². The summed E-state index contributed by atoms with van der Waals surface area (Å²) in [6.45, 7) is 0.647. The second-order valence-electron chi connectivity index (χ2n) is 5.41. The molecule has 0 amide bonds. The summed E-state index contributed by atoms with van der Waals surface area (Å²) in [6, 6.07) is 6.68. The molecule has 0 spiro atoms. The number of aliphatic hydroxyl groups is 1. The first-order valence-corrected chi connectivity index (χ1v) is 6.92. The number of nitrogens with zero attached hydrogens (tertiary/aromatic N) is 2. The van der Waals surface area contributed by atoms with Crippen LogP contribution in [0.3, 0.4) is 0 Å². The predicted molar refractivity (Wildman–Crippen MR) is 71.7 cm³/mol. The number of aromatic nitrogens is 1. The van der Waals surface area contributed by atoms with Gasteiger partial charge in [0.05, 0.1) is 17.4 Å². The maximum Gasteiger partial charge on any atom is 0.416 e. The van der Waals surface area contributed by atoms with Crippen LogP contribution >= 0.6 is 0 Å². The molecule has 1 aliphatic heterocycles. The van der Waals surface area contributed by atoms with Crippen molar-refractivity contribution in [3.8, 4) is 0 Å². The highest BCUT2D eigenvalue weighted by atomic mass is 19.4. The molecule has 0 radical (unpaired) electrons. The number of β-amino-alcohol motifs (C(OH)–C–C–N with tert-alkyl or cyclic N) is 1. The van der Waals surface area contributed by atoms with Crippen LogP contribution in [0.25, 0.3) is 0 Å². The Labute approximate surface area is 125 Å². The quantitative estimate of drug-likeness (QED) is 0.946. The van der Waals surface area contributed by atoms with Gasteiger partial charge in [-0.3, -0.25) is 4.90 Å². The molecule has 2 unspecified atom stereocenters. The molecule has 3 rings (SSSR count). The van der Waals surface area contributed by atoms with E-state index in [1.807, 2.05) is 0 Å². The molecule has 0 aliphatic carbocycles. The molecule has 1 fully saturated rings. The zero-order valence-electron chi connectivity index (χ0n) is 11.6. The fourth-order valence-corrected chi connectivity index (χ4v) is 2.95. The molecule has 0 saturated carbocycles. The standard InChI is InChI=1S/C15H15F3N2O2/c16-15(17,18)13-4-2-1-3-12(13)14-7-11(21)9-20(14)8-10-5-6-22-19-10/h1-6,11,14,21H,7-9H2. The summed E-state index contributed by atoms with van der Waals surface area (Å²) >= 11 is 0. The molecule has 1 N–H and O–H groups in total. The molecule has 1 saturated heterocycles. The molecule has 2 heterocycles. The van der Waals surface area contributed by atoms with Gasteiger partial charge in [0.15, 0.2) is 0 Å². The predicted octanol–water partition coefficient (Wildman–Crippen LogP) is 3.00. The lowest BCUT2D eigenvalue weighted by atomic mass is 9.97. The van der Waals surface area contributed by atoms with E-state index < -0.39 is 23.9 Å². The largest absolute Gasteiger partial charge is 0.416 e. The summed E-state index contributed by atoms with van der Waals surface area (Å²) in [5.74, 6) is 0. The van der Waals surface area contributed by atoms with Crippen LogP contribution in [0.2, 0.25) is 0 Å². The van der Waals surface area contributed by atoms with Crippen LogP contribution in [0.1, 0.15) is 29.3 Å². The number of hydrogen-bond acceptors (Lipinski definition) is 4. The van der Waals surface area contributed by atoms with Crippen LogP contribution in [-0.4, -0.2) is 27.8 Å². The van der Waals surface area contributed by atoms with Gasteiger partial charge < -0.3 is 9.63 Å². The second-order valence-corrected chi connectivity index (χ2v) is 5.41. The van der Waals surface area contributed by atoms with Gasteiger partial charge in [-0.15, -0.1) is 0 Å². The Hall–Kier alpha value is -1.86. The Morgan fingerprint density at radius 3 is 2.73 bits per heavy atom. The Kier molecular flexibility index (Phi) is 3.92. The number of halogens is 3. The van der Waals surface area contributed by atoms with Crippen molar-refractivity contribution in [1.82, 2.24) is 10.1 Å². The van der Waals surface area contributed by atoms with E-state index in [4.69, 9.17) is 4.52 Å². The first-order valence-electron chi connectivity index (χ1n) is 6.92. The Balaban J connectivity index is 1.92.